The number of quaternary nitrogens is 1. The molecule has 0 bridgehead atoms. The van der Waals surface area contributed by atoms with Crippen LogP contribution in [0.5, 0.6) is 0 Å². The second kappa shape index (κ2) is 7.97. The van der Waals surface area contributed by atoms with Crippen LogP contribution in [0, 0.1) is 6.92 Å². The summed E-state index contributed by atoms with van der Waals surface area (Å²) in [6.07, 6.45) is 0. The number of hydrogen-bond donors (Lipinski definition) is 2. The van der Waals surface area contributed by atoms with Crippen molar-refractivity contribution in [3.8, 4) is 0 Å². The third-order valence-electron chi connectivity index (χ3n) is 3.67. The SMILES string of the molecule is CC[NH+](CC(=O)Nc1ccc(Cl)cc1C)Cc1ccccc1. The summed E-state index contributed by atoms with van der Waals surface area (Å²) in [7, 11) is 0. The van der Waals surface area contributed by atoms with Crippen LogP contribution in [0.1, 0.15) is 18.1 Å². The first kappa shape index (κ1) is 16.5. The van der Waals surface area contributed by atoms with Gasteiger partial charge in [-0.3, -0.25) is 4.79 Å². The lowest BCUT2D eigenvalue weighted by atomic mass is 10.2. The zero-order valence-electron chi connectivity index (χ0n) is 13.0. The molecule has 0 saturated carbocycles. The largest absolute Gasteiger partial charge is 0.324 e. The molecule has 0 saturated heterocycles. The van der Waals surface area contributed by atoms with Crippen molar-refractivity contribution in [1.82, 2.24) is 0 Å². The van der Waals surface area contributed by atoms with E-state index in [1.54, 1.807) is 6.07 Å². The summed E-state index contributed by atoms with van der Waals surface area (Å²) >= 11 is 5.93. The van der Waals surface area contributed by atoms with Crippen molar-refractivity contribution in [3.05, 3.63) is 64.7 Å². The monoisotopic (exact) mass is 317 g/mol. The quantitative estimate of drug-likeness (QED) is 0.844. The van der Waals surface area contributed by atoms with Crippen molar-refractivity contribution in [2.45, 2.75) is 20.4 Å². The Morgan fingerprint density at radius 3 is 2.55 bits per heavy atom. The Bertz CT molecular complexity index is 628. The van der Waals surface area contributed by atoms with Gasteiger partial charge in [-0.1, -0.05) is 41.9 Å². The molecule has 1 unspecified atom stereocenters. The fourth-order valence-corrected chi connectivity index (χ4v) is 2.61. The number of likely N-dealkylation sites (N-methyl/N-ethyl adjacent to an activating group) is 1. The lowest BCUT2D eigenvalue weighted by Crippen LogP contribution is -3.11. The highest BCUT2D eigenvalue weighted by atomic mass is 35.5. The first-order chi connectivity index (χ1) is 10.6. The first-order valence-electron chi connectivity index (χ1n) is 7.52. The highest BCUT2D eigenvalue weighted by Crippen LogP contribution is 2.19. The van der Waals surface area contributed by atoms with Crippen LogP contribution in [0.15, 0.2) is 48.5 Å². The van der Waals surface area contributed by atoms with Gasteiger partial charge in [0.1, 0.15) is 6.54 Å². The molecule has 0 aromatic heterocycles. The third kappa shape index (κ3) is 4.86. The van der Waals surface area contributed by atoms with Crippen LogP contribution in [-0.4, -0.2) is 19.0 Å². The van der Waals surface area contributed by atoms with Gasteiger partial charge in [0, 0.05) is 16.3 Å². The Morgan fingerprint density at radius 2 is 1.91 bits per heavy atom. The summed E-state index contributed by atoms with van der Waals surface area (Å²) in [4.78, 5) is 13.5. The number of carbonyl (C=O) groups excluding carboxylic acids is 1. The van der Waals surface area contributed by atoms with Crippen LogP contribution in [0.2, 0.25) is 5.02 Å². The number of anilines is 1. The van der Waals surface area contributed by atoms with Gasteiger partial charge in [0.05, 0.1) is 6.54 Å². The number of hydrogen-bond acceptors (Lipinski definition) is 1. The lowest BCUT2D eigenvalue weighted by Gasteiger charge is -2.17. The van der Waals surface area contributed by atoms with Crippen molar-refractivity contribution in [2.24, 2.45) is 0 Å². The van der Waals surface area contributed by atoms with Crippen LogP contribution in [-0.2, 0) is 11.3 Å². The summed E-state index contributed by atoms with van der Waals surface area (Å²) in [6, 6.07) is 15.7. The van der Waals surface area contributed by atoms with E-state index in [0.29, 0.717) is 11.6 Å². The lowest BCUT2D eigenvalue weighted by molar-refractivity contribution is -0.903. The van der Waals surface area contributed by atoms with Crippen molar-refractivity contribution >= 4 is 23.2 Å². The molecule has 0 fully saturated rings. The topological polar surface area (TPSA) is 33.5 Å². The first-order valence-corrected chi connectivity index (χ1v) is 7.89. The number of benzene rings is 2. The van der Waals surface area contributed by atoms with Crippen LogP contribution in [0.4, 0.5) is 5.69 Å². The van der Waals surface area contributed by atoms with E-state index in [1.165, 1.54) is 10.5 Å². The van der Waals surface area contributed by atoms with E-state index in [0.717, 1.165) is 24.3 Å². The van der Waals surface area contributed by atoms with Gasteiger partial charge in [-0.2, -0.15) is 0 Å². The fraction of sp³-hybridized carbons (Fsp3) is 0.278. The molecule has 1 amide bonds. The number of aryl methyl sites for hydroxylation is 1. The minimum atomic E-state index is 0.0261. The van der Waals surface area contributed by atoms with Crippen LogP contribution < -0.4 is 10.2 Å². The molecule has 0 aliphatic carbocycles. The molecule has 1 atom stereocenters. The van der Waals surface area contributed by atoms with Gasteiger partial charge >= 0.3 is 0 Å². The third-order valence-corrected chi connectivity index (χ3v) is 3.91. The predicted molar refractivity (Wildman–Crippen MR) is 91.3 cm³/mol. The van der Waals surface area contributed by atoms with Gasteiger partial charge in [-0.15, -0.1) is 0 Å². The molecular weight excluding hydrogens is 296 g/mol. The average molecular weight is 318 g/mol. The second-order valence-corrected chi connectivity index (χ2v) is 5.89. The average Bonchev–Trinajstić information content (AvgIpc) is 2.50. The van der Waals surface area contributed by atoms with E-state index in [2.05, 4.69) is 24.4 Å². The Morgan fingerprint density at radius 1 is 1.18 bits per heavy atom. The zero-order valence-corrected chi connectivity index (χ0v) is 13.8. The maximum atomic E-state index is 12.2. The van der Waals surface area contributed by atoms with Crippen LogP contribution in [0.25, 0.3) is 0 Å². The maximum absolute atomic E-state index is 12.2. The Hall–Kier alpha value is -1.84. The van der Waals surface area contributed by atoms with Crippen molar-refractivity contribution in [3.63, 3.8) is 0 Å². The fourth-order valence-electron chi connectivity index (χ4n) is 2.39. The Labute approximate surface area is 136 Å². The van der Waals surface area contributed by atoms with E-state index in [9.17, 15) is 4.79 Å². The Balaban J connectivity index is 1.94. The van der Waals surface area contributed by atoms with Gasteiger partial charge in [-0.05, 0) is 37.6 Å². The molecule has 0 spiro atoms. The maximum Gasteiger partial charge on any atom is 0.279 e. The predicted octanol–water partition coefficient (Wildman–Crippen LogP) is 2.69. The van der Waals surface area contributed by atoms with E-state index < -0.39 is 0 Å². The van der Waals surface area contributed by atoms with E-state index >= 15 is 0 Å². The van der Waals surface area contributed by atoms with E-state index in [4.69, 9.17) is 11.6 Å². The van der Waals surface area contributed by atoms with E-state index in [1.807, 2.05) is 37.3 Å². The van der Waals surface area contributed by atoms with Gasteiger partial charge in [-0.25, -0.2) is 0 Å². The number of rotatable bonds is 6. The summed E-state index contributed by atoms with van der Waals surface area (Å²) < 4.78 is 0. The number of amides is 1. The molecule has 0 aliphatic rings. The number of halogens is 1. The van der Waals surface area contributed by atoms with Gasteiger partial charge < -0.3 is 10.2 Å². The molecule has 3 nitrogen and oxygen atoms in total. The molecule has 0 radical (unpaired) electrons. The highest BCUT2D eigenvalue weighted by molar-refractivity contribution is 6.30. The molecule has 4 heteroatoms. The summed E-state index contributed by atoms with van der Waals surface area (Å²) in [5.41, 5.74) is 3.04. The van der Waals surface area contributed by atoms with Gasteiger partial charge in [0.15, 0.2) is 6.54 Å². The zero-order chi connectivity index (χ0) is 15.9. The van der Waals surface area contributed by atoms with Crippen LogP contribution >= 0.6 is 11.6 Å². The second-order valence-electron chi connectivity index (χ2n) is 5.45. The minimum absolute atomic E-state index is 0.0261. The molecule has 116 valence electrons. The summed E-state index contributed by atoms with van der Waals surface area (Å²) in [6.45, 7) is 6.24. The van der Waals surface area contributed by atoms with E-state index in [-0.39, 0.29) is 5.91 Å². The highest BCUT2D eigenvalue weighted by Gasteiger charge is 2.14. The van der Waals surface area contributed by atoms with Gasteiger partial charge in [0.25, 0.3) is 5.91 Å². The van der Waals surface area contributed by atoms with Gasteiger partial charge in [0.2, 0.25) is 0 Å². The molecule has 2 aromatic rings. The minimum Gasteiger partial charge on any atom is -0.324 e. The summed E-state index contributed by atoms with van der Waals surface area (Å²) in [5, 5.41) is 3.65. The standard InChI is InChI=1S/C18H21ClN2O/c1-3-21(12-15-7-5-4-6-8-15)13-18(22)20-17-10-9-16(19)11-14(17)2/h4-11H,3,12-13H2,1-2H3,(H,20,22)/p+1. The van der Waals surface area contributed by atoms with Crippen molar-refractivity contribution in [1.29, 1.82) is 0 Å². The molecule has 2 aromatic carbocycles. The van der Waals surface area contributed by atoms with Crippen molar-refractivity contribution in [2.75, 3.05) is 18.4 Å². The normalized spacial score (nSPS) is 12.0. The van der Waals surface area contributed by atoms with Crippen LogP contribution in [0.3, 0.4) is 0 Å². The summed E-state index contributed by atoms with van der Waals surface area (Å²) in [5.74, 6) is 0.0261. The smallest absolute Gasteiger partial charge is 0.279 e. The molecule has 0 heterocycles. The molecule has 22 heavy (non-hydrogen) atoms. The molecule has 0 aliphatic heterocycles. The van der Waals surface area contributed by atoms with Crippen molar-refractivity contribution < 1.29 is 9.69 Å². The Kier molecular flexibility index (Phi) is 5.99. The number of carbonyl (C=O) groups is 1. The molecule has 2 rings (SSSR count). The number of nitrogens with one attached hydrogen (secondary N) is 2. The molecule has 2 N–H and O–H groups in total. The molecular formula is C18H22ClN2O+.